The third-order valence-corrected chi connectivity index (χ3v) is 22.5. The first-order valence-corrected chi connectivity index (χ1v) is 20.2. The number of allylic oxidation sites excluding steroid dienone is 1. The van der Waals surface area contributed by atoms with Gasteiger partial charge in [0, 0.05) is 0 Å². The Balaban J connectivity index is 2.56. The van der Waals surface area contributed by atoms with E-state index < -0.39 is 18.4 Å². The van der Waals surface area contributed by atoms with Gasteiger partial charge in [0.15, 0.2) is 0 Å². The Bertz CT molecular complexity index is 664. The average Bonchev–Trinajstić information content (AvgIpc) is 3.16. The third-order valence-electron chi connectivity index (χ3n) is 6.88. The summed E-state index contributed by atoms with van der Waals surface area (Å²) in [5.41, 5.74) is 1.33. The zero-order valence-electron chi connectivity index (χ0n) is 20.7. The molecule has 1 aromatic carbocycles. The minimum absolute atomic E-state index is 0.0939. The summed E-state index contributed by atoms with van der Waals surface area (Å²) in [4.78, 5) is 15.3. The van der Waals surface area contributed by atoms with Crippen LogP contribution < -0.4 is 0 Å². The quantitative estimate of drug-likeness (QED) is 0.227. The fourth-order valence-electron chi connectivity index (χ4n) is 4.91. The molecule has 1 saturated heterocycles. The molecule has 0 unspecified atom stereocenters. The summed E-state index contributed by atoms with van der Waals surface area (Å²) >= 11 is -2.82. The van der Waals surface area contributed by atoms with Crippen molar-refractivity contribution in [2.75, 3.05) is 6.61 Å². The number of nitrogens with zero attached hydrogens (tertiary/aromatic N) is 1. The van der Waals surface area contributed by atoms with Gasteiger partial charge in [-0.1, -0.05) is 0 Å². The van der Waals surface area contributed by atoms with Gasteiger partial charge in [-0.15, -0.1) is 0 Å². The number of hydrogen-bond acceptors (Lipinski definition) is 2. The molecule has 1 fully saturated rings. The van der Waals surface area contributed by atoms with E-state index in [9.17, 15) is 4.79 Å². The standard InChI is InChI=1S/C15H18NO2.3C4H9.Sn/c1-12(2)14-11-18-15(17)16(14)10-6-9-13-7-4-3-5-8-13;3*1-3-4-2;/h3-8,12,14H,9,11H2,1-2H3;3*1,3-4H2,2H3;/t14-;;;;/m1..../s1. The SMILES string of the molecule is CCC[CH2][Sn]([CH2]CCC)([CH2]CCC)/[C](=C\Cc1ccccc1)N1C(=O)OC[C@@H]1C(C)C. The number of amides is 1. The molecule has 0 aromatic heterocycles. The van der Waals surface area contributed by atoms with E-state index in [1.54, 1.807) is 0 Å². The van der Waals surface area contributed by atoms with Gasteiger partial charge in [-0.05, 0) is 0 Å². The number of rotatable bonds is 14. The molecule has 0 radical (unpaired) electrons. The normalized spacial score (nSPS) is 17.5. The second-order valence-electron chi connectivity index (χ2n) is 9.63. The summed E-state index contributed by atoms with van der Waals surface area (Å²) < 4.78 is 11.2. The van der Waals surface area contributed by atoms with Crippen LogP contribution in [0.3, 0.4) is 0 Å². The predicted molar refractivity (Wildman–Crippen MR) is 135 cm³/mol. The Hall–Kier alpha value is -0.971. The van der Waals surface area contributed by atoms with Crippen molar-refractivity contribution < 1.29 is 9.53 Å². The maximum absolute atomic E-state index is 13.1. The van der Waals surface area contributed by atoms with Gasteiger partial charge in [-0.25, -0.2) is 0 Å². The number of carbonyl (C=O) groups is 1. The molecule has 0 saturated carbocycles. The summed E-state index contributed by atoms with van der Waals surface area (Å²) in [5.74, 6) is 0.402. The number of hydrogen-bond donors (Lipinski definition) is 0. The number of ether oxygens (including phenoxy) is 1. The van der Waals surface area contributed by atoms with Gasteiger partial charge in [-0.3, -0.25) is 0 Å². The second-order valence-corrected chi connectivity index (χ2v) is 22.7. The first-order valence-electron chi connectivity index (χ1n) is 12.7. The Labute approximate surface area is 195 Å². The molecule has 1 atom stereocenters. The third kappa shape index (κ3) is 7.26. The van der Waals surface area contributed by atoms with Crippen LogP contribution in [0.1, 0.15) is 78.7 Å². The predicted octanol–water partition coefficient (Wildman–Crippen LogP) is 7.98. The van der Waals surface area contributed by atoms with E-state index in [-0.39, 0.29) is 12.1 Å². The van der Waals surface area contributed by atoms with E-state index in [0.717, 1.165) is 6.42 Å². The van der Waals surface area contributed by atoms with Gasteiger partial charge in [-0.2, -0.15) is 0 Å². The van der Waals surface area contributed by atoms with Crippen LogP contribution in [0.4, 0.5) is 4.79 Å². The summed E-state index contributed by atoms with van der Waals surface area (Å²) in [7, 11) is 0. The van der Waals surface area contributed by atoms with Crippen LogP contribution in [0, 0.1) is 5.92 Å². The molecular formula is C27H45NO2Sn. The monoisotopic (exact) mass is 535 g/mol. The Morgan fingerprint density at radius 1 is 1.03 bits per heavy atom. The van der Waals surface area contributed by atoms with Crippen LogP contribution in [0.25, 0.3) is 0 Å². The molecular weight excluding hydrogens is 489 g/mol. The van der Waals surface area contributed by atoms with Gasteiger partial charge in [0.2, 0.25) is 0 Å². The van der Waals surface area contributed by atoms with Crippen LogP contribution in [-0.2, 0) is 11.2 Å². The van der Waals surface area contributed by atoms with Crippen LogP contribution in [-0.4, -0.2) is 42.0 Å². The van der Waals surface area contributed by atoms with Crippen molar-refractivity contribution in [1.29, 1.82) is 0 Å². The van der Waals surface area contributed by atoms with E-state index >= 15 is 0 Å². The summed E-state index contributed by atoms with van der Waals surface area (Å²) in [5, 5.41) is 0. The molecule has 4 heteroatoms. The minimum atomic E-state index is -2.82. The molecule has 3 nitrogen and oxygen atoms in total. The van der Waals surface area contributed by atoms with Crippen molar-refractivity contribution in [3.05, 3.63) is 45.7 Å². The molecule has 2 rings (SSSR count). The first kappa shape index (κ1) is 26.3. The Morgan fingerprint density at radius 3 is 2.06 bits per heavy atom. The fourth-order valence-corrected chi connectivity index (χ4v) is 21.8. The fraction of sp³-hybridized carbons (Fsp3) is 0.667. The van der Waals surface area contributed by atoms with Gasteiger partial charge >= 0.3 is 196 Å². The summed E-state index contributed by atoms with van der Waals surface area (Å²) in [6.07, 6.45) is 10.9. The van der Waals surface area contributed by atoms with Gasteiger partial charge in [0.1, 0.15) is 0 Å². The molecule has 0 spiro atoms. The summed E-state index contributed by atoms with van der Waals surface area (Å²) in [6.45, 7) is 11.9. The second kappa shape index (κ2) is 13.5. The van der Waals surface area contributed by atoms with E-state index in [1.165, 1.54) is 61.1 Å². The molecule has 0 bridgehead atoms. The van der Waals surface area contributed by atoms with Gasteiger partial charge < -0.3 is 0 Å². The van der Waals surface area contributed by atoms with Gasteiger partial charge in [0.25, 0.3) is 0 Å². The first-order chi connectivity index (χ1) is 15.0. The van der Waals surface area contributed by atoms with Crippen molar-refractivity contribution in [3.63, 3.8) is 0 Å². The van der Waals surface area contributed by atoms with Crippen molar-refractivity contribution in [1.82, 2.24) is 4.90 Å². The van der Waals surface area contributed by atoms with E-state index in [4.69, 9.17) is 4.74 Å². The number of benzene rings is 1. The van der Waals surface area contributed by atoms with Crippen LogP contribution in [0.2, 0.25) is 13.3 Å². The molecule has 1 aliphatic rings. The zero-order chi connectivity index (χ0) is 22.7. The molecule has 31 heavy (non-hydrogen) atoms. The molecule has 174 valence electrons. The molecule has 1 heterocycles. The molecule has 0 aliphatic carbocycles. The van der Waals surface area contributed by atoms with Crippen molar-refractivity contribution >= 4 is 24.5 Å². The van der Waals surface area contributed by atoms with Crippen LogP contribution in [0.5, 0.6) is 0 Å². The van der Waals surface area contributed by atoms with Gasteiger partial charge in [0.05, 0.1) is 0 Å². The molecule has 0 N–H and O–H groups in total. The Morgan fingerprint density at radius 2 is 1.58 bits per heavy atom. The van der Waals surface area contributed by atoms with Crippen LogP contribution >= 0.6 is 0 Å². The topological polar surface area (TPSA) is 29.5 Å². The van der Waals surface area contributed by atoms with Crippen molar-refractivity contribution in [3.8, 4) is 0 Å². The van der Waals surface area contributed by atoms with Crippen molar-refractivity contribution in [2.24, 2.45) is 5.92 Å². The van der Waals surface area contributed by atoms with Crippen molar-refractivity contribution in [2.45, 2.75) is 98.9 Å². The number of unbranched alkanes of at least 4 members (excludes halogenated alkanes) is 3. The van der Waals surface area contributed by atoms with E-state index in [1.807, 2.05) is 0 Å². The molecule has 1 amide bonds. The van der Waals surface area contributed by atoms with E-state index in [0.29, 0.717) is 12.5 Å². The zero-order valence-corrected chi connectivity index (χ0v) is 23.5. The van der Waals surface area contributed by atoms with Crippen LogP contribution in [0.15, 0.2) is 40.1 Å². The number of cyclic esters (lactones) is 1. The number of carbonyl (C=O) groups excluding carboxylic acids is 1. The summed E-state index contributed by atoms with van der Waals surface area (Å²) in [6, 6.07) is 10.9. The van der Waals surface area contributed by atoms with E-state index in [2.05, 4.69) is 75.9 Å². The molecule has 1 aromatic rings. The molecule has 1 aliphatic heterocycles. The average molecular weight is 534 g/mol. The maximum atomic E-state index is 13.1. The Kier molecular flexibility index (Phi) is 11.5.